The van der Waals surface area contributed by atoms with E-state index in [-0.39, 0.29) is 6.61 Å². The lowest BCUT2D eigenvalue weighted by atomic mass is 10.2. The first-order chi connectivity index (χ1) is 13.1. The molecule has 3 N–H and O–H groups in total. The zero-order valence-electron chi connectivity index (χ0n) is 14.8. The van der Waals surface area contributed by atoms with E-state index in [0.717, 1.165) is 0 Å². The maximum atomic E-state index is 12.3. The van der Waals surface area contributed by atoms with Crippen molar-refractivity contribution in [3.63, 3.8) is 0 Å². The number of thioether (sulfide) groups is 1. The summed E-state index contributed by atoms with van der Waals surface area (Å²) in [6.07, 6.45) is 2.34. The Morgan fingerprint density at radius 3 is 2.56 bits per heavy atom. The molecule has 1 heterocycles. The van der Waals surface area contributed by atoms with Gasteiger partial charge in [-0.15, -0.1) is 11.3 Å². The van der Waals surface area contributed by atoms with Gasteiger partial charge in [0.25, 0.3) is 17.7 Å². The van der Waals surface area contributed by atoms with Crippen LogP contribution in [-0.2, 0) is 9.59 Å². The van der Waals surface area contributed by atoms with Crippen LogP contribution in [0.15, 0.2) is 47.8 Å². The van der Waals surface area contributed by atoms with Crippen molar-refractivity contribution in [3.05, 3.63) is 52.7 Å². The van der Waals surface area contributed by atoms with Gasteiger partial charge in [-0.2, -0.15) is 11.8 Å². The zero-order chi connectivity index (χ0) is 19.5. The van der Waals surface area contributed by atoms with Crippen LogP contribution in [0.5, 0.6) is 5.75 Å². The molecule has 0 bridgehead atoms. The molecule has 1 aromatic heterocycles. The van der Waals surface area contributed by atoms with Gasteiger partial charge in [-0.25, -0.2) is 0 Å². The second kappa shape index (κ2) is 11.2. The minimum absolute atomic E-state index is 0.200. The molecule has 0 aliphatic heterocycles. The third kappa shape index (κ3) is 7.32. The third-order valence-corrected chi connectivity index (χ3v) is 4.93. The highest BCUT2D eigenvalue weighted by atomic mass is 32.2. The van der Waals surface area contributed by atoms with Gasteiger partial charge in [0.2, 0.25) is 0 Å². The maximum absolute atomic E-state index is 12.3. The predicted octanol–water partition coefficient (Wildman–Crippen LogP) is 1.83. The molecular weight excluding hydrogens is 386 g/mol. The van der Waals surface area contributed by atoms with Crippen LogP contribution in [-0.4, -0.2) is 42.4 Å². The molecule has 7 nitrogen and oxygen atoms in total. The van der Waals surface area contributed by atoms with Gasteiger partial charge in [-0.3, -0.25) is 25.2 Å². The average Bonchev–Trinajstić information content (AvgIpc) is 3.23. The van der Waals surface area contributed by atoms with E-state index in [1.165, 1.54) is 11.3 Å². The number of carbonyl (C=O) groups excluding carboxylic acids is 3. The average molecular weight is 408 g/mol. The van der Waals surface area contributed by atoms with E-state index < -0.39 is 23.8 Å². The van der Waals surface area contributed by atoms with E-state index in [0.29, 0.717) is 22.8 Å². The molecule has 0 spiro atoms. The molecule has 3 amide bonds. The molecule has 2 rings (SSSR count). The minimum atomic E-state index is -0.770. The van der Waals surface area contributed by atoms with Crippen LogP contribution in [0.4, 0.5) is 0 Å². The number of thiophene rings is 1. The van der Waals surface area contributed by atoms with E-state index in [2.05, 4.69) is 16.2 Å². The number of nitrogens with one attached hydrogen (secondary N) is 3. The lowest BCUT2D eigenvalue weighted by molar-refractivity contribution is -0.130. The molecule has 0 aliphatic rings. The van der Waals surface area contributed by atoms with Crippen molar-refractivity contribution in [2.75, 3.05) is 18.6 Å². The second-order valence-electron chi connectivity index (χ2n) is 5.42. The Kier molecular flexibility index (Phi) is 8.66. The van der Waals surface area contributed by atoms with E-state index in [1.54, 1.807) is 53.5 Å². The van der Waals surface area contributed by atoms with E-state index in [9.17, 15) is 14.4 Å². The summed E-state index contributed by atoms with van der Waals surface area (Å²) in [5, 5.41) is 4.41. The highest BCUT2D eigenvalue weighted by Gasteiger charge is 2.21. The maximum Gasteiger partial charge on any atom is 0.279 e. The number of hydrazine groups is 1. The summed E-state index contributed by atoms with van der Waals surface area (Å²) in [6.45, 7) is -0.200. The van der Waals surface area contributed by atoms with E-state index in [4.69, 9.17) is 4.74 Å². The molecule has 1 aromatic carbocycles. The van der Waals surface area contributed by atoms with Gasteiger partial charge >= 0.3 is 0 Å². The number of benzene rings is 1. The van der Waals surface area contributed by atoms with Gasteiger partial charge in [-0.1, -0.05) is 24.3 Å². The fraction of sp³-hybridized carbons (Fsp3) is 0.278. The van der Waals surface area contributed by atoms with Crippen molar-refractivity contribution in [2.24, 2.45) is 0 Å². The van der Waals surface area contributed by atoms with Crippen LogP contribution >= 0.6 is 23.1 Å². The van der Waals surface area contributed by atoms with Crippen molar-refractivity contribution in [2.45, 2.75) is 12.5 Å². The van der Waals surface area contributed by atoms with Crippen LogP contribution in [0.2, 0.25) is 0 Å². The van der Waals surface area contributed by atoms with Gasteiger partial charge in [0, 0.05) is 0 Å². The number of hydrogen-bond acceptors (Lipinski definition) is 6. The topological polar surface area (TPSA) is 96.5 Å². The van der Waals surface area contributed by atoms with Gasteiger partial charge in [0.05, 0.1) is 4.88 Å². The first kappa shape index (κ1) is 20.8. The SMILES string of the molecule is CSCC[C@H](NC(=O)COc1ccccc1)C(=O)NNC(=O)c1cccs1. The molecule has 0 saturated carbocycles. The number of rotatable bonds is 9. The first-order valence-corrected chi connectivity index (χ1v) is 10.5. The molecule has 9 heteroatoms. The van der Waals surface area contributed by atoms with E-state index >= 15 is 0 Å². The van der Waals surface area contributed by atoms with Crippen LogP contribution in [0.25, 0.3) is 0 Å². The third-order valence-electron chi connectivity index (χ3n) is 3.42. The highest BCUT2D eigenvalue weighted by Crippen LogP contribution is 2.08. The zero-order valence-corrected chi connectivity index (χ0v) is 16.4. The Morgan fingerprint density at radius 2 is 1.89 bits per heavy atom. The molecule has 27 heavy (non-hydrogen) atoms. The number of hydrogen-bond donors (Lipinski definition) is 3. The number of carbonyl (C=O) groups is 3. The summed E-state index contributed by atoms with van der Waals surface area (Å²) in [7, 11) is 0. The minimum Gasteiger partial charge on any atom is -0.484 e. The smallest absolute Gasteiger partial charge is 0.279 e. The molecule has 1 atom stereocenters. The number of ether oxygens (including phenoxy) is 1. The highest BCUT2D eigenvalue weighted by molar-refractivity contribution is 7.98. The molecule has 144 valence electrons. The Bertz CT molecular complexity index is 738. The summed E-state index contributed by atoms with van der Waals surface area (Å²) in [5.41, 5.74) is 4.72. The van der Waals surface area contributed by atoms with Crippen molar-refractivity contribution >= 4 is 40.8 Å². The normalized spacial score (nSPS) is 11.3. The van der Waals surface area contributed by atoms with Crippen LogP contribution < -0.4 is 20.9 Å². The van der Waals surface area contributed by atoms with Crippen LogP contribution in [0, 0.1) is 0 Å². The number of amides is 3. The van der Waals surface area contributed by atoms with E-state index in [1.807, 2.05) is 12.3 Å². The Labute approximate surface area is 165 Å². The van der Waals surface area contributed by atoms with Crippen molar-refractivity contribution < 1.29 is 19.1 Å². The first-order valence-electron chi connectivity index (χ1n) is 8.20. The summed E-state index contributed by atoms with van der Waals surface area (Å²) in [6, 6.07) is 11.6. The molecule has 0 unspecified atom stereocenters. The quantitative estimate of drug-likeness (QED) is 0.551. The lowest BCUT2D eigenvalue weighted by Crippen LogP contribution is -2.53. The largest absolute Gasteiger partial charge is 0.484 e. The Morgan fingerprint density at radius 1 is 1.11 bits per heavy atom. The van der Waals surface area contributed by atoms with Gasteiger partial charge in [-0.05, 0) is 42.0 Å². The predicted molar refractivity (Wildman–Crippen MR) is 107 cm³/mol. The van der Waals surface area contributed by atoms with Gasteiger partial charge < -0.3 is 10.1 Å². The second-order valence-corrected chi connectivity index (χ2v) is 7.36. The summed E-state index contributed by atoms with van der Waals surface area (Å²) < 4.78 is 5.38. The standard InChI is InChI=1S/C18H21N3O4S2/c1-26-11-9-14(17(23)20-21-18(24)15-8-5-10-27-15)19-16(22)12-25-13-6-3-2-4-7-13/h2-8,10,14H,9,11-12H2,1H3,(H,19,22)(H,20,23)(H,21,24)/t14-/m0/s1. The van der Waals surface area contributed by atoms with Crippen molar-refractivity contribution in [3.8, 4) is 5.75 Å². The molecular formula is C18H21N3O4S2. The summed E-state index contributed by atoms with van der Waals surface area (Å²) in [5.74, 6) is -0.0510. The molecule has 0 aliphatic carbocycles. The van der Waals surface area contributed by atoms with Crippen LogP contribution in [0.3, 0.4) is 0 Å². The monoisotopic (exact) mass is 407 g/mol. The summed E-state index contributed by atoms with van der Waals surface area (Å²) >= 11 is 2.83. The molecule has 0 fully saturated rings. The lowest BCUT2D eigenvalue weighted by Gasteiger charge is -2.18. The summed E-state index contributed by atoms with van der Waals surface area (Å²) in [4.78, 5) is 36.8. The Hall–Kier alpha value is -2.52. The molecule has 2 aromatic rings. The Balaban J connectivity index is 1.83. The fourth-order valence-corrected chi connectivity index (χ4v) is 3.17. The van der Waals surface area contributed by atoms with Crippen LogP contribution in [0.1, 0.15) is 16.1 Å². The van der Waals surface area contributed by atoms with Gasteiger partial charge in [0.1, 0.15) is 11.8 Å². The molecule has 0 radical (unpaired) electrons. The molecule has 0 saturated heterocycles. The van der Waals surface area contributed by atoms with Crippen molar-refractivity contribution in [1.82, 2.24) is 16.2 Å². The fourth-order valence-electron chi connectivity index (χ4n) is 2.08. The van der Waals surface area contributed by atoms with Gasteiger partial charge in [0.15, 0.2) is 6.61 Å². The van der Waals surface area contributed by atoms with Crippen molar-refractivity contribution in [1.29, 1.82) is 0 Å². The number of para-hydroxylation sites is 1.